The van der Waals surface area contributed by atoms with E-state index in [9.17, 15) is 0 Å². The van der Waals surface area contributed by atoms with Crippen LogP contribution in [-0.2, 0) is 9.47 Å². The Kier molecular flexibility index (Phi) is 5.41. The molecule has 1 aromatic rings. The van der Waals surface area contributed by atoms with Gasteiger partial charge in [-0.25, -0.2) is 0 Å². The van der Waals surface area contributed by atoms with E-state index in [4.69, 9.17) is 14.0 Å². The van der Waals surface area contributed by atoms with E-state index in [-0.39, 0.29) is 12.1 Å². The lowest BCUT2D eigenvalue weighted by molar-refractivity contribution is 0.0355. The predicted octanol–water partition coefficient (Wildman–Crippen LogP) is 0.862. The van der Waals surface area contributed by atoms with Gasteiger partial charge in [0.2, 0.25) is 5.89 Å². The average molecular weight is 310 g/mol. The second-order valence-corrected chi connectivity index (χ2v) is 6.09. The smallest absolute Gasteiger partial charge is 0.244 e. The normalized spacial score (nSPS) is 27.5. The topological polar surface area (TPSA) is 63.9 Å². The minimum Gasteiger partial charge on any atom is -0.380 e. The van der Waals surface area contributed by atoms with E-state index in [1.54, 1.807) is 7.11 Å². The van der Waals surface area contributed by atoms with Gasteiger partial charge in [0, 0.05) is 33.3 Å². The fourth-order valence-electron chi connectivity index (χ4n) is 3.31. The Hall–Kier alpha value is -1.02. The lowest BCUT2D eigenvalue weighted by atomic mass is 10.2. The summed E-state index contributed by atoms with van der Waals surface area (Å²) in [5.41, 5.74) is 0. The molecule has 1 aromatic heterocycles. The van der Waals surface area contributed by atoms with Crippen molar-refractivity contribution in [1.82, 2.24) is 19.9 Å². The van der Waals surface area contributed by atoms with Crippen LogP contribution >= 0.6 is 0 Å². The zero-order valence-electron chi connectivity index (χ0n) is 13.5. The Labute approximate surface area is 131 Å². The molecule has 7 heteroatoms. The molecule has 124 valence electrons. The third kappa shape index (κ3) is 3.84. The summed E-state index contributed by atoms with van der Waals surface area (Å²) in [7, 11) is 1.78. The van der Waals surface area contributed by atoms with Crippen molar-refractivity contribution >= 4 is 0 Å². The van der Waals surface area contributed by atoms with Crippen LogP contribution in [0.25, 0.3) is 0 Å². The quantitative estimate of drug-likeness (QED) is 0.772. The molecule has 0 N–H and O–H groups in total. The SMILES string of the molecule is CO[C@@H]1C[C@H](c2nc(C)no2)N(CCCN2CCOCC2)C1. The van der Waals surface area contributed by atoms with Gasteiger partial charge < -0.3 is 14.0 Å². The summed E-state index contributed by atoms with van der Waals surface area (Å²) in [4.78, 5) is 9.30. The number of hydrogen-bond donors (Lipinski definition) is 0. The maximum Gasteiger partial charge on any atom is 0.244 e. The summed E-state index contributed by atoms with van der Waals surface area (Å²) in [6, 6.07) is 0.191. The van der Waals surface area contributed by atoms with Crippen LogP contribution in [0, 0.1) is 6.92 Å². The third-order valence-electron chi connectivity index (χ3n) is 4.55. The Morgan fingerprint density at radius 2 is 2.09 bits per heavy atom. The Morgan fingerprint density at radius 3 is 2.77 bits per heavy atom. The van der Waals surface area contributed by atoms with Gasteiger partial charge in [-0.05, 0) is 26.3 Å². The number of aryl methyl sites for hydroxylation is 1. The standard InChI is InChI=1S/C15H26N4O3/c1-12-16-15(22-17-12)14-10-13(20-2)11-19(14)5-3-4-18-6-8-21-9-7-18/h13-14H,3-11H2,1-2H3/t13-,14-/m1/s1. The Balaban J connectivity index is 1.53. The number of nitrogens with zero attached hydrogens (tertiary/aromatic N) is 4. The predicted molar refractivity (Wildman–Crippen MR) is 80.6 cm³/mol. The van der Waals surface area contributed by atoms with Crippen molar-refractivity contribution in [3.05, 3.63) is 11.7 Å². The molecular formula is C15H26N4O3. The molecule has 0 saturated carbocycles. The van der Waals surface area contributed by atoms with Crippen LogP contribution in [0.1, 0.15) is 30.6 Å². The average Bonchev–Trinajstić information content (AvgIpc) is 3.14. The number of methoxy groups -OCH3 is 1. The van der Waals surface area contributed by atoms with Gasteiger partial charge in [0.25, 0.3) is 0 Å². The van der Waals surface area contributed by atoms with Gasteiger partial charge in [0.05, 0.1) is 25.4 Å². The van der Waals surface area contributed by atoms with Gasteiger partial charge >= 0.3 is 0 Å². The maximum atomic E-state index is 5.54. The molecule has 0 aromatic carbocycles. The van der Waals surface area contributed by atoms with Crippen LogP contribution in [0.15, 0.2) is 4.52 Å². The van der Waals surface area contributed by atoms with Crippen LogP contribution in [0.2, 0.25) is 0 Å². The summed E-state index contributed by atoms with van der Waals surface area (Å²) >= 11 is 0. The molecule has 0 amide bonds. The third-order valence-corrected chi connectivity index (χ3v) is 4.55. The molecule has 2 atom stereocenters. The maximum absolute atomic E-state index is 5.54. The van der Waals surface area contributed by atoms with Crippen LogP contribution in [0.5, 0.6) is 0 Å². The van der Waals surface area contributed by atoms with Crippen molar-refractivity contribution in [3.63, 3.8) is 0 Å². The van der Waals surface area contributed by atoms with Gasteiger partial charge in [0.1, 0.15) is 0 Å². The molecule has 0 radical (unpaired) electrons. The van der Waals surface area contributed by atoms with Crippen molar-refractivity contribution < 1.29 is 14.0 Å². The molecule has 3 heterocycles. The lowest BCUT2D eigenvalue weighted by Crippen LogP contribution is -2.38. The fourth-order valence-corrected chi connectivity index (χ4v) is 3.31. The fraction of sp³-hybridized carbons (Fsp3) is 0.867. The van der Waals surface area contributed by atoms with Gasteiger partial charge in [-0.3, -0.25) is 9.80 Å². The van der Waals surface area contributed by atoms with Crippen LogP contribution in [0.4, 0.5) is 0 Å². The van der Waals surface area contributed by atoms with Gasteiger partial charge in [-0.1, -0.05) is 5.16 Å². The first kappa shape index (κ1) is 15.9. The highest BCUT2D eigenvalue weighted by Crippen LogP contribution is 2.32. The highest BCUT2D eigenvalue weighted by Gasteiger charge is 2.36. The molecule has 22 heavy (non-hydrogen) atoms. The highest BCUT2D eigenvalue weighted by molar-refractivity contribution is 4.98. The number of likely N-dealkylation sites (tertiary alicyclic amines) is 1. The molecule has 2 aliphatic heterocycles. The zero-order valence-corrected chi connectivity index (χ0v) is 13.5. The molecule has 2 saturated heterocycles. The van der Waals surface area contributed by atoms with Crippen LogP contribution < -0.4 is 0 Å². The Morgan fingerprint density at radius 1 is 1.27 bits per heavy atom. The van der Waals surface area contributed by atoms with Crippen molar-refractivity contribution in [3.8, 4) is 0 Å². The molecule has 0 unspecified atom stereocenters. The first-order chi connectivity index (χ1) is 10.8. The highest BCUT2D eigenvalue weighted by atomic mass is 16.5. The number of ether oxygens (including phenoxy) is 2. The monoisotopic (exact) mass is 310 g/mol. The number of rotatable bonds is 6. The van der Waals surface area contributed by atoms with Gasteiger partial charge in [0.15, 0.2) is 5.82 Å². The largest absolute Gasteiger partial charge is 0.380 e. The molecular weight excluding hydrogens is 284 g/mol. The van der Waals surface area contributed by atoms with E-state index in [0.717, 1.165) is 64.7 Å². The summed E-state index contributed by atoms with van der Waals surface area (Å²) < 4.78 is 16.3. The van der Waals surface area contributed by atoms with E-state index < -0.39 is 0 Å². The van der Waals surface area contributed by atoms with Gasteiger partial charge in [-0.2, -0.15) is 4.98 Å². The van der Waals surface area contributed by atoms with Crippen molar-refractivity contribution in [2.45, 2.75) is 31.9 Å². The van der Waals surface area contributed by atoms with Crippen LogP contribution in [-0.4, -0.2) is 79.1 Å². The molecule has 7 nitrogen and oxygen atoms in total. The summed E-state index contributed by atoms with van der Waals surface area (Å²) in [5, 5.41) is 3.92. The summed E-state index contributed by atoms with van der Waals surface area (Å²) in [6.07, 6.45) is 2.32. The Bertz CT molecular complexity index is 461. The van der Waals surface area contributed by atoms with E-state index >= 15 is 0 Å². The minimum absolute atomic E-state index is 0.191. The van der Waals surface area contributed by atoms with Crippen molar-refractivity contribution in [1.29, 1.82) is 0 Å². The van der Waals surface area contributed by atoms with Crippen molar-refractivity contribution in [2.75, 3.05) is 53.0 Å². The molecule has 2 fully saturated rings. The number of hydrogen-bond acceptors (Lipinski definition) is 7. The molecule has 0 aliphatic carbocycles. The van der Waals surface area contributed by atoms with Gasteiger partial charge in [-0.15, -0.1) is 0 Å². The summed E-state index contributed by atoms with van der Waals surface area (Å²) in [6.45, 7) is 8.76. The molecule has 0 spiro atoms. The van der Waals surface area contributed by atoms with E-state index in [2.05, 4.69) is 19.9 Å². The van der Waals surface area contributed by atoms with E-state index in [1.807, 2.05) is 6.92 Å². The van der Waals surface area contributed by atoms with Crippen LogP contribution in [0.3, 0.4) is 0 Å². The van der Waals surface area contributed by atoms with E-state index in [0.29, 0.717) is 5.82 Å². The number of morpholine rings is 1. The number of aromatic nitrogens is 2. The molecule has 3 rings (SSSR count). The molecule has 0 bridgehead atoms. The minimum atomic E-state index is 0.191. The summed E-state index contributed by atoms with van der Waals surface area (Å²) in [5.74, 6) is 1.42. The van der Waals surface area contributed by atoms with Crippen molar-refractivity contribution in [2.24, 2.45) is 0 Å². The first-order valence-corrected chi connectivity index (χ1v) is 8.13. The first-order valence-electron chi connectivity index (χ1n) is 8.13. The second kappa shape index (κ2) is 7.50. The lowest BCUT2D eigenvalue weighted by Gasteiger charge is -2.28. The molecule has 2 aliphatic rings. The second-order valence-electron chi connectivity index (χ2n) is 6.09. The zero-order chi connectivity index (χ0) is 15.4. The van der Waals surface area contributed by atoms with E-state index in [1.165, 1.54) is 0 Å².